The molecule has 1 aliphatic heterocycles. The van der Waals surface area contributed by atoms with Crippen LogP contribution in [-0.4, -0.2) is 126 Å². The van der Waals surface area contributed by atoms with E-state index in [0.717, 1.165) is 16.7 Å². The van der Waals surface area contributed by atoms with Crippen molar-refractivity contribution in [2.75, 3.05) is 65.4 Å². The fourth-order valence-corrected chi connectivity index (χ4v) is 11.0. The minimum atomic E-state index is -1.80. The molecule has 0 bridgehead atoms. The molecule has 73 heavy (non-hydrogen) atoms. The highest BCUT2D eigenvalue weighted by Crippen LogP contribution is 2.51. The highest BCUT2D eigenvalue weighted by atomic mass is 32.2. The molecule has 3 heterocycles. The van der Waals surface area contributed by atoms with E-state index in [1.54, 1.807) is 44.4 Å². The summed E-state index contributed by atoms with van der Waals surface area (Å²) in [5, 5.41) is 2.97. The molecule has 19 heteroatoms. The van der Waals surface area contributed by atoms with Gasteiger partial charge >= 0.3 is 0 Å². The molecule has 6 aromatic rings. The van der Waals surface area contributed by atoms with Gasteiger partial charge in [0.05, 0.1) is 47.0 Å². The number of ether oxygens (including phenoxy) is 7. The number of hydrogen-bond donors (Lipinski definition) is 1. The zero-order valence-electron chi connectivity index (χ0n) is 42.9. The van der Waals surface area contributed by atoms with Gasteiger partial charge in [-0.2, -0.15) is 0 Å². The molecule has 1 fully saturated rings. The first-order valence-electron chi connectivity index (χ1n) is 24.3. The highest BCUT2D eigenvalue weighted by molar-refractivity contribution is 8.13. The Bertz CT molecular complexity index is 2590. The van der Waals surface area contributed by atoms with E-state index < -0.39 is 44.6 Å². The average molecular weight is 1040 g/mol. The van der Waals surface area contributed by atoms with E-state index >= 15 is 0 Å². The van der Waals surface area contributed by atoms with Gasteiger partial charge in [0.15, 0.2) is 34.9 Å². The van der Waals surface area contributed by atoms with Gasteiger partial charge in [0.2, 0.25) is 0 Å². The SMILES string of the molecule is COc1ccc(C(OC[C@H]2O[C@@H](n3cnc4c(NC(=O)COc5ccccc5)ncnc43)[C@H](OC)[C@@H]2OP(OCCOCCSC(=O)C(C)C)N(C(C)C)C(C)C)(c2ccccc2)c2ccc(OC)cc2)cc1. The Morgan fingerprint density at radius 2 is 1.37 bits per heavy atom. The van der Waals surface area contributed by atoms with Gasteiger partial charge < -0.3 is 47.5 Å². The van der Waals surface area contributed by atoms with Gasteiger partial charge in [0, 0.05) is 30.9 Å². The molecule has 0 spiro atoms. The fraction of sp³-hybridized carbons (Fsp3) is 0.426. The third-order valence-corrected chi connectivity index (χ3v) is 15.3. The first kappa shape index (κ1) is 55.2. The van der Waals surface area contributed by atoms with Gasteiger partial charge in [-0.3, -0.25) is 14.2 Å². The number of rotatable bonds is 27. The van der Waals surface area contributed by atoms with Crippen molar-refractivity contribution in [2.24, 2.45) is 5.92 Å². The molecule has 5 atom stereocenters. The van der Waals surface area contributed by atoms with Crippen LogP contribution in [0.5, 0.6) is 17.2 Å². The zero-order valence-corrected chi connectivity index (χ0v) is 44.6. The van der Waals surface area contributed by atoms with Crippen LogP contribution in [0.3, 0.4) is 0 Å². The maximum Gasteiger partial charge on any atom is 0.263 e. The average Bonchev–Trinajstić information content (AvgIpc) is 3.99. The number of benzene rings is 4. The molecule has 0 saturated carbocycles. The van der Waals surface area contributed by atoms with Crippen LogP contribution in [0.1, 0.15) is 64.5 Å². The normalized spacial score (nSPS) is 17.4. The molecule has 0 aliphatic carbocycles. The Balaban J connectivity index is 1.25. The van der Waals surface area contributed by atoms with Crippen molar-refractivity contribution in [1.29, 1.82) is 0 Å². The lowest BCUT2D eigenvalue weighted by atomic mass is 9.80. The number of thioether (sulfide) groups is 1. The predicted octanol–water partition coefficient (Wildman–Crippen LogP) is 9.46. The van der Waals surface area contributed by atoms with Gasteiger partial charge in [0.1, 0.15) is 47.5 Å². The number of amides is 1. The molecule has 1 aliphatic rings. The van der Waals surface area contributed by atoms with E-state index in [0.29, 0.717) is 40.8 Å². The fourth-order valence-electron chi connectivity index (χ4n) is 8.56. The number of carbonyl (C=O) groups excluding carboxylic acids is 2. The third-order valence-electron chi connectivity index (χ3n) is 12.0. The van der Waals surface area contributed by atoms with Gasteiger partial charge in [0.25, 0.3) is 14.4 Å². The topological polar surface area (TPSA) is 176 Å². The molecular weight excluding hydrogens is 972 g/mol. The van der Waals surface area contributed by atoms with Crippen molar-refractivity contribution in [3.05, 3.63) is 139 Å². The number of nitrogens with zero attached hydrogens (tertiary/aromatic N) is 5. The monoisotopic (exact) mass is 1040 g/mol. The van der Waals surface area contributed by atoms with E-state index in [-0.39, 0.29) is 55.4 Å². The summed E-state index contributed by atoms with van der Waals surface area (Å²) in [6, 6.07) is 34.8. The quantitative estimate of drug-likeness (QED) is 0.0293. The van der Waals surface area contributed by atoms with Crippen molar-refractivity contribution in [3.8, 4) is 17.2 Å². The molecule has 2 aromatic heterocycles. The van der Waals surface area contributed by atoms with Crippen LogP contribution in [0, 0.1) is 5.92 Å². The summed E-state index contributed by atoms with van der Waals surface area (Å²) in [7, 11) is 3.08. The van der Waals surface area contributed by atoms with Crippen LogP contribution in [0.25, 0.3) is 11.2 Å². The van der Waals surface area contributed by atoms with Crippen molar-refractivity contribution in [1.82, 2.24) is 24.2 Å². The Morgan fingerprint density at radius 3 is 1.96 bits per heavy atom. The summed E-state index contributed by atoms with van der Waals surface area (Å²) in [6.45, 7) is 12.8. The van der Waals surface area contributed by atoms with Crippen LogP contribution in [-0.2, 0) is 43.2 Å². The second kappa shape index (κ2) is 26.6. The van der Waals surface area contributed by atoms with Gasteiger partial charge in [-0.05, 0) is 80.8 Å². The molecule has 1 N–H and O–H groups in total. The number of anilines is 1. The maximum atomic E-state index is 13.2. The maximum absolute atomic E-state index is 13.2. The van der Waals surface area contributed by atoms with Crippen LogP contribution >= 0.6 is 20.3 Å². The summed E-state index contributed by atoms with van der Waals surface area (Å²) >= 11 is 1.27. The largest absolute Gasteiger partial charge is 0.497 e. The van der Waals surface area contributed by atoms with Crippen LogP contribution in [0.4, 0.5) is 5.82 Å². The van der Waals surface area contributed by atoms with E-state index in [1.165, 1.54) is 18.1 Å². The molecule has 390 valence electrons. The number of nitrogens with one attached hydrogen (secondary N) is 1. The molecule has 7 rings (SSSR count). The molecular formula is C54H67N6O11PS. The first-order valence-corrected chi connectivity index (χ1v) is 26.4. The first-order chi connectivity index (χ1) is 35.4. The number of hydrogen-bond acceptors (Lipinski definition) is 16. The number of methoxy groups -OCH3 is 3. The summed E-state index contributed by atoms with van der Waals surface area (Å²) in [5.41, 5.74) is 2.06. The standard InChI is InChI=1S/C54H67N6O11PS/c1-36(2)53(62)73-31-30-66-28-29-69-72(60(37(3)4)38(5)6)71-48-45(32-68-54(39-16-12-10-13-17-39,40-20-24-42(63-7)25-21-40)41-22-26-43(64-8)27-23-41)70-52(49(48)65-9)59-35-57-47-50(55-34-56-51(47)59)58-46(61)33-67-44-18-14-11-15-19-44/h10-27,34-38,45,48-49,52H,28-33H2,1-9H3,(H,55,56,58,61)/t45-,48-,49-,52-,72?/m1/s1. The van der Waals surface area contributed by atoms with Gasteiger partial charge in [-0.1, -0.05) is 98.4 Å². The second-order valence-corrected chi connectivity index (χ2v) is 20.4. The Labute approximate surface area is 433 Å². The lowest BCUT2D eigenvalue weighted by molar-refractivity contribution is -0.118. The van der Waals surface area contributed by atoms with Crippen LogP contribution in [0.15, 0.2) is 122 Å². The minimum absolute atomic E-state index is 0.0104. The zero-order chi connectivity index (χ0) is 51.9. The molecule has 17 nitrogen and oxygen atoms in total. The molecule has 1 unspecified atom stereocenters. The summed E-state index contributed by atoms with van der Waals surface area (Å²) in [6.07, 6.45) is -0.323. The van der Waals surface area contributed by atoms with Gasteiger partial charge in [-0.25, -0.2) is 19.6 Å². The smallest absolute Gasteiger partial charge is 0.263 e. The number of aromatic nitrogens is 4. The minimum Gasteiger partial charge on any atom is -0.497 e. The van der Waals surface area contributed by atoms with E-state index in [4.69, 9.17) is 47.2 Å². The summed E-state index contributed by atoms with van der Waals surface area (Å²) in [5.74, 6) is 2.21. The predicted molar refractivity (Wildman–Crippen MR) is 282 cm³/mol. The Hall–Kier alpha value is -5.53. The number of carbonyl (C=O) groups is 2. The van der Waals surface area contributed by atoms with Crippen molar-refractivity contribution in [2.45, 2.75) is 83.8 Å². The number of fused-ring (bicyclic) bond motifs is 1. The van der Waals surface area contributed by atoms with Crippen LogP contribution < -0.4 is 19.5 Å². The Kier molecular flexibility index (Phi) is 20.1. The summed E-state index contributed by atoms with van der Waals surface area (Å²) in [4.78, 5) is 39.1. The van der Waals surface area contributed by atoms with E-state index in [1.807, 2.05) is 111 Å². The lowest BCUT2D eigenvalue weighted by Crippen LogP contribution is -2.42. The lowest BCUT2D eigenvalue weighted by Gasteiger charge is -2.39. The highest BCUT2D eigenvalue weighted by Gasteiger charge is 2.51. The van der Waals surface area contributed by atoms with Crippen molar-refractivity contribution < 1.29 is 51.8 Å². The van der Waals surface area contributed by atoms with Crippen molar-refractivity contribution in [3.63, 3.8) is 0 Å². The second-order valence-electron chi connectivity index (χ2n) is 17.9. The molecule has 4 aromatic carbocycles. The van der Waals surface area contributed by atoms with E-state index in [9.17, 15) is 9.59 Å². The van der Waals surface area contributed by atoms with Gasteiger partial charge in [-0.15, -0.1) is 0 Å². The Morgan fingerprint density at radius 1 is 0.753 bits per heavy atom. The van der Waals surface area contributed by atoms with E-state index in [2.05, 4.69) is 47.7 Å². The summed E-state index contributed by atoms with van der Waals surface area (Å²) < 4.78 is 61.8. The third kappa shape index (κ3) is 13.6. The molecule has 1 amide bonds. The molecule has 1 saturated heterocycles. The molecule has 0 radical (unpaired) electrons. The van der Waals surface area contributed by atoms with Crippen LogP contribution in [0.2, 0.25) is 0 Å². The van der Waals surface area contributed by atoms with Crippen molar-refractivity contribution >= 4 is 48.3 Å². The number of para-hydroxylation sites is 1. The number of imidazole rings is 1.